The Morgan fingerprint density at radius 3 is 3.00 bits per heavy atom. The van der Waals surface area contributed by atoms with Crippen molar-refractivity contribution in [1.82, 2.24) is 10.2 Å². The van der Waals surface area contributed by atoms with Gasteiger partial charge >= 0.3 is 0 Å². The van der Waals surface area contributed by atoms with Crippen molar-refractivity contribution in [3.05, 3.63) is 0 Å². The van der Waals surface area contributed by atoms with E-state index in [4.69, 9.17) is 4.74 Å². The van der Waals surface area contributed by atoms with E-state index in [2.05, 4.69) is 17.1 Å². The maximum absolute atomic E-state index is 4.98. The minimum absolute atomic E-state index is 0.824. The molecule has 1 saturated heterocycles. The van der Waals surface area contributed by atoms with Gasteiger partial charge in [0.1, 0.15) is 0 Å². The average Bonchev–Trinajstić information content (AvgIpc) is 2.60. The van der Waals surface area contributed by atoms with E-state index in [1.54, 1.807) is 7.11 Å². The van der Waals surface area contributed by atoms with Crippen LogP contribution in [-0.4, -0.2) is 51.3 Å². The maximum atomic E-state index is 4.98. The van der Waals surface area contributed by atoms with E-state index < -0.39 is 0 Å². The molecule has 1 N–H and O–H groups in total. The summed E-state index contributed by atoms with van der Waals surface area (Å²) in [7, 11) is 1.75. The molecule has 0 aromatic carbocycles. The molecule has 3 heteroatoms. The lowest BCUT2D eigenvalue weighted by Gasteiger charge is -2.13. The number of likely N-dealkylation sites (tertiary alicyclic amines) is 1. The summed E-state index contributed by atoms with van der Waals surface area (Å²) in [4.78, 5) is 2.52. The van der Waals surface area contributed by atoms with Gasteiger partial charge in [-0.25, -0.2) is 0 Å². The molecule has 13 heavy (non-hydrogen) atoms. The Bertz CT molecular complexity index is 130. The first-order valence-electron chi connectivity index (χ1n) is 5.28. The van der Waals surface area contributed by atoms with Crippen molar-refractivity contribution < 1.29 is 4.74 Å². The van der Waals surface area contributed by atoms with Gasteiger partial charge in [-0.2, -0.15) is 0 Å². The van der Waals surface area contributed by atoms with Gasteiger partial charge in [0.25, 0.3) is 0 Å². The predicted octanol–water partition coefficient (Wildman–Crippen LogP) is 0.564. The van der Waals surface area contributed by atoms with Crippen LogP contribution in [-0.2, 0) is 4.74 Å². The number of nitrogens with one attached hydrogen (secondary N) is 1. The molecule has 0 aliphatic carbocycles. The molecule has 1 heterocycles. The molecule has 1 unspecified atom stereocenters. The molecule has 0 amide bonds. The maximum Gasteiger partial charge on any atom is 0.0587 e. The quantitative estimate of drug-likeness (QED) is 0.614. The van der Waals surface area contributed by atoms with Gasteiger partial charge in [-0.1, -0.05) is 6.92 Å². The smallest absolute Gasteiger partial charge is 0.0587 e. The Morgan fingerprint density at radius 1 is 1.54 bits per heavy atom. The van der Waals surface area contributed by atoms with Gasteiger partial charge in [-0.15, -0.1) is 0 Å². The summed E-state index contributed by atoms with van der Waals surface area (Å²) in [5.74, 6) is 0.858. The van der Waals surface area contributed by atoms with Crippen LogP contribution in [0.2, 0.25) is 0 Å². The van der Waals surface area contributed by atoms with Gasteiger partial charge in [-0.3, -0.25) is 0 Å². The highest BCUT2D eigenvalue weighted by molar-refractivity contribution is 4.75. The summed E-state index contributed by atoms with van der Waals surface area (Å²) in [6.07, 6.45) is 1.35. The highest BCUT2D eigenvalue weighted by atomic mass is 16.5. The van der Waals surface area contributed by atoms with Crippen LogP contribution in [0.4, 0.5) is 0 Å². The fraction of sp³-hybridized carbons (Fsp3) is 1.00. The molecule has 0 bridgehead atoms. The summed E-state index contributed by atoms with van der Waals surface area (Å²) in [6, 6.07) is 0. The van der Waals surface area contributed by atoms with Gasteiger partial charge in [0, 0.05) is 20.2 Å². The second kappa shape index (κ2) is 6.35. The number of ether oxygens (including phenoxy) is 1. The molecule has 0 aromatic heterocycles. The predicted molar refractivity (Wildman–Crippen MR) is 55.0 cm³/mol. The molecule has 1 rings (SSSR count). The van der Waals surface area contributed by atoms with E-state index in [-0.39, 0.29) is 0 Å². The van der Waals surface area contributed by atoms with Gasteiger partial charge in [0.05, 0.1) is 6.61 Å². The van der Waals surface area contributed by atoms with Gasteiger partial charge in [-0.05, 0) is 32.0 Å². The van der Waals surface area contributed by atoms with Gasteiger partial charge in [0.15, 0.2) is 0 Å². The largest absolute Gasteiger partial charge is 0.383 e. The summed E-state index contributed by atoms with van der Waals surface area (Å²) in [5.41, 5.74) is 0. The van der Waals surface area contributed by atoms with Crippen LogP contribution < -0.4 is 5.32 Å². The standard InChI is InChI=1S/C10H22N2O/c1-3-12-6-4-10(9-12)8-11-5-7-13-2/h10-11H,3-9H2,1-2H3. The summed E-state index contributed by atoms with van der Waals surface area (Å²) in [6.45, 7) is 8.96. The van der Waals surface area contributed by atoms with Crippen LogP contribution >= 0.6 is 0 Å². The molecule has 0 radical (unpaired) electrons. The van der Waals surface area contributed by atoms with E-state index in [9.17, 15) is 0 Å². The van der Waals surface area contributed by atoms with Crippen molar-refractivity contribution in [1.29, 1.82) is 0 Å². The third kappa shape index (κ3) is 4.07. The number of methoxy groups -OCH3 is 1. The van der Waals surface area contributed by atoms with E-state index in [0.717, 1.165) is 25.6 Å². The van der Waals surface area contributed by atoms with Gasteiger partial charge in [0.2, 0.25) is 0 Å². The third-order valence-electron chi connectivity index (χ3n) is 2.73. The fourth-order valence-electron chi connectivity index (χ4n) is 1.85. The van der Waals surface area contributed by atoms with Crippen LogP contribution in [0.1, 0.15) is 13.3 Å². The molecular formula is C10H22N2O. The number of hydrogen-bond acceptors (Lipinski definition) is 3. The molecule has 3 nitrogen and oxygen atoms in total. The van der Waals surface area contributed by atoms with Crippen molar-refractivity contribution in [2.75, 3.05) is 46.4 Å². The Hall–Kier alpha value is -0.120. The number of nitrogens with zero attached hydrogens (tertiary/aromatic N) is 1. The van der Waals surface area contributed by atoms with Crippen molar-refractivity contribution in [2.24, 2.45) is 5.92 Å². The lowest BCUT2D eigenvalue weighted by atomic mass is 10.1. The molecule has 0 saturated carbocycles. The minimum Gasteiger partial charge on any atom is -0.383 e. The first-order valence-corrected chi connectivity index (χ1v) is 5.28. The van der Waals surface area contributed by atoms with Crippen LogP contribution in [0.15, 0.2) is 0 Å². The van der Waals surface area contributed by atoms with Crippen molar-refractivity contribution in [3.8, 4) is 0 Å². The van der Waals surface area contributed by atoms with E-state index >= 15 is 0 Å². The van der Waals surface area contributed by atoms with Gasteiger partial charge < -0.3 is 15.0 Å². The van der Waals surface area contributed by atoms with Crippen LogP contribution in [0.5, 0.6) is 0 Å². The van der Waals surface area contributed by atoms with Crippen LogP contribution in [0.3, 0.4) is 0 Å². The molecular weight excluding hydrogens is 164 g/mol. The Labute approximate surface area is 81.4 Å². The zero-order valence-electron chi connectivity index (χ0n) is 8.88. The van der Waals surface area contributed by atoms with E-state index in [0.29, 0.717) is 0 Å². The second-order valence-corrected chi connectivity index (χ2v) is 3.74. The second-order valence-electron chi connectivity index (χ2n) is 3.74. The zero-order chi connectivity index (χ0) is 9.52. The minimum atomic E-state index is 0.824. The van der Waals surface area contributed by atoms with Crippen molar-refractivity contribution in [3.63, 3.8) is 0 Å². The summed E-state index contributed by atoms with van der Waals surface area (Å²) in [5, 5.41) is 3.42. The Kier molecular flexibility index (Phi) is 5.35. The molecule has 1 aliphatic rings. The zero-order valence-corrected chi connectivity index (χ0v) is 8.88. The summed E-state index contributed by atoms with van der Waals surface area (Å²) < 4.78 is 4.98. The van der Waals surface area contributed by atoms with Crippen molar-refractivity contribution in [2.45, 2.75) is 13.3 Å². The molecule has 78 valence electrons. The lowest BCUT2D eigenvalue weighted by Crippen LogP contribution is -2.28. The fourth-order valence-corrected chi connectivity index (χ4v) is 1.85. The average molecular weight is 186 g/mol. The molecule has 0 spiro atoms. The van der Waals surface area contributed by atoms with E-state index in [1.807, 2.05) is 0 Å². The molecule has 1 atom stereocenters. The number of hydrogen-bond donors (Lipinski definition) is 1. The summed E-state index contributed by atoms with van der Waals surface area (Å²) >= 11 is 0. The van der Waals surface area contributed by atoms with Crippen LogP contribution in [0.25, 0.3) is 0 Å². The highest BCUT2D eigenvalue weighted by Gasteiger charge is 2.19. The molecule has 1 aliphatic heterocycles. The first-order chi connectivity index (χ1) is 6.36. The SMILES string of the molecule is CCN1CCC(CNCCOC)C1. The number of rotatable bonds is 6. The normalized spacial score (nSPS) is 24.0. The van der Waals surface area contributed by atoms with Crippen LogP contribution in [0, 0.1) is 5.92 Å². The Balaban J connectivity index is 1.97. The lowest BCUT2D eigenvalue weighted by molar-refractivity contribution is 0.197. The topological polar surface area (TPSA) is 24.5 Å². The monoisotopic (exact) mass is 186 g/mol. The third-order valence-corrected chi connectivity index (χ3v) is 2.73. The Morgan fingerprint density at radius 2 is 2.38 bits per heavy atom. The van der Waals surface area contributed by atoms with E-state index in [1.165, 1.54) is 26.1 Å². The highest BCUT2D eigenvalue weighted by Crippen LogP contribution is 2.14. The molecule has 0 aromatic rings. The van der Waals surface area contributed by atoms with Crippen molar-refractivity contribution >= 4 is 0 Å². The molecule has 1 fully saturated rings. The first kappa shape index (κ1) is 11.0.